The standard InChI is InChI=1S/C21H23FN2O3S/c1-2-26-10-3-4-11-27-18-7-5-6-15(21(18)22)12-20(25)24-16-8-9-17-19(13-16)28-14-23-17/h5-9,13-14H,2-4,10-12H2,1H3,(H,24,25). The second kappa shape index (κ2) is 10.1. The van der Waals surface area contributed by atoms with Crippen molar-refractivity contribution in [2.24, 2.45) is 0 Å². The van der Waals surface area contributed by atoms with Crippen molar-refractivity contribution in [2.75, 3.05) is 25.1 Å². The lowest BCUT2D eigenvalue weighted by atomic mass is 10.1. The zero-order valence-corrected chi connectivity index (χ0v) is 16.6. The largest absolute Gasteiger partial charge is 0.491 e. The summed E-state index contributed by atoms with van der Waals surface area (Å²) in [6, 6.07) is 10.4. The van der Waals surface area contributed by atoms with Crippen LogP contribution >= 0.6 is 11.3 Å². The van der Waals surface area contributed by atoms with Gasteiger partial charge in [0, 0.05) is 24.5 Å². The van der Waals surface area contributed by atoms with Gasteiger partial charge in [-0.1, -0.05) is 12.1 Å². The Labute approximate surface area is 167 Å². The number of rotatable bonds is 10. The van der Waals surface area contributed by atoms with E-state index >= 15 is 0 Å². The molecule has 0 saturated heterocycles. The average molecular weight is 402 g/mol. The normalized spacial score (nSPS) is 10.9. The van der Waals surface area contributed by atoms with Crippen molar-refractivity contribution in [1.29, 1.82) is 0 Å². The Morgan fingerprint density at radius 2 is 2.07 bits per heavy atom. The Morgan fingerprint density at radius 1 is 1.21 bits per heavy atom. The second-order valence-electron chi connectivity index (χ2n) is 6.24. The van der Waals surface area contributed by atoms with Gasteiger partial charge in [0.2, 0.25) is 5.91 Å². The molecule has 0 spiro atoms. The van der Waals surface area contributed by atoms with Crippen molar-refractivity contribution in [2.45, 2.75) is 26.2 Å². The molecule has 0 fully saturated rings. The molecular formula is C21H23FN2O3S. The van der Waals surface area contributed by atoms with E-state index in [2.05, 4.69) is 10.3 Å². The SMILES string of the molecule is CCOCCCCOc1cccc(CC(=O)Nc2ccc3ncsc3c2)c1F. The number of nitrogens with zero attached hydrogens (tertiary/aromatic N) is 1. The maximum Gasteiger partial charge on any atom is 0.228 e. The highest BCUT2D eigenvalue weighted by molar-refractivity contribution is 7.16. The molecule has 1 amide bonds. The molecule has 0 atom stereocenters. The fourth-order valence-electron chi connectivity index (χ4n) is 2.75. The number of ether oxygens (including phenoxy) is 2. The van der Waals surface area contributed by atoms with Crippen LogP contribution in [-0.4, -0.2) is 30.7 Å². The zero-order chi connectivity index (χ0) is 19.8. The van der Waals surface area contributed by atoms with Gasteiger partial charge >= 0.3 is 0 Å². The van der Waals surface area contributed by atoms with Crippen LogP contribution < -0.4 is 10.1 Å². The molecule has 1 heterocycles. The lowest BCUT2D eigenvalue weighted by Gasteiger charge is -2.11. The van der Waals surface area contributed by atoms with E-state index in [0.29, 0.717) is 31.1 Å². The molecule has 28 heavy (non-hydrogen) atoms. The minimum absolute atomic E-state index is 0.0614. The number of thiazole rings is 1. The number of carbonyl (C=O) groups is 1. The average Bonchev–Trinajstić information content (AvgIpc) is 3.15. The first kappa shape index (κ1) is 20.2. The highest BCUT2D eigenvalue weighted by Crippen LogP contribution is 2.23. The Kier molecular flexibility index (Phi) is 7.33. The quantitative estimate of drug-likeness (QED) is 0.494. The fourth-order valence-corrected chi connectivity index (χ4v) is 3.46. The number of hydrogen-bond donors (Lipinski definition) is 1. The van der Waals surface area contributed by atoms with Gasteiger partial charge in [-0.25, -0.2) is 9.37 Å². The number of carbonyl (C=O) groups excluding carboxylic acids is 1. The summed E-state index contributed by atoms with van der Waals surface area (Å²) >= 11 is 1.50. The molecule has 0 radical (unpaired) electrons. The first-order valence-corrected chi connectivity index (χ1v) is 10.2. The van der Waals surface area contributed by atoms with Crippen molar-refractivity contribution in [1.82, 2.24) is 4.98 Å². The first-order chi connectivity index (χ1) is 13.7. The third-order valence-corrected chi connectivity index (χ3v) is 4.95. The van der Waals surface area contributed by atoms with Gasteiger partial charge in [0.05, 0.1) is 28.8 Å². The van der Waals surface area contributed by atoms with E-state index in [1.165, 1.54) is 11.3 Å². The van der Waals surface area contributed by atoms with Gasteiger partial charge < -0.3 is 14.8 Å². The molecule has 7 heteroatoms. The minimum atomic E-state index is -0.486. The molecule has 5 nitrogen and oxygen atoms in total. The molecule has 1 N–H and O–H groups in total. The molecule has 0 aliphatic heterocycles. The summed E-state index contributed by atoms with van der Waals surface area (Å²) in [5.74, 6) is -0.593. The monoisotopic (exact) mass is 402 g/mol. The van der Waals surface area contributed by atoms with Crippen LogP contribution in [0.5, 0.6) is 5.75 Å². The number of anilines is 1. The predicted octanol–water partition coefficient (Wildman–Crippen LogP) is 4.81. The van der Waals surface area contributed by atoms with E-state index in [-0.39, 0.29) is 18.1 Å². The highest BCUT2D eigenvalue weighted by atomic mass is 32.1. The number of halogens is 1. The molecule has 0 aliphatic rings. The number of fused-ring (bicyclic) bond motifs is 1. The lowest BCUT2D eigenvalue weighted by molar-refractivity contribution is -0.115. The number of nitrogens with one attached hydrogen (secondary N) is 1. The Balaban J connectivity index is 1.55. The molecule has 2 aromatic carbocycles. The molecule has 0 unspecified atom stereocenters. The maximum atomic E-state index is 14.6. The highest BCUT2D eigenvalue weighted by Gasteiger charge is 2.13. The van der Waals surface area contributed by atoms with Gasteiger partial charge in [0.25, 0.3) is 0 Å². The van der Waals surface area contributed by atoms with Crippen molar-refractivity contribution in [3.8, 4) is 5.75 Å². The van der Waals surface area contributed by atoms with Crippen LogP contribution in [-0.2, 0) is 16.0 Å². The number of amides is 1. The topological polar surface area (TPSA) is 60.5 Å². The first-order valence-electron chi connectivity index (χ1n) is 9.28. The summed E-state index contributed by atoms with van der Waals surface area (Å²) in [7, 11) is 0. The molecule has 0 bridgehead atoms. The van der Waals surface area contributed by atoms with Crippen LogP contribution in [0.25, 0.3) is 10.2 Å². The minimum Gasteiger partial charge on any atom is -0.491 e. The fraction of sp³-hybridized carbons (Fsp3) is 0.333. The van der Waals surface area contributed by atoms with Crippen LogP contribution in [0.3, 0.4) is 0 Å². The summed E-state index contributed by atoms with van der Waals surface area (Å²) < 4.78 is 26.4. The summed E-state index contributed by atoms with van der Waals surface area (Å²) in [6.45, 7) is 3.73. The van der Waals surface area contributed by atoms with E-state index in [1.54, 1.807) is 29.8 Å². The van der Waals surface area contributed by atoms with Crippen LogP contribution in [0.1, 0.15) is 25.3 Å². The Bertz CT molecular complexity index is 929. The third-order valence-electron chi connectivity index (χ3n) is 4.15. The number of hydrogen-bond acceptors (Lipinski definition) is 5. The summed E-state index contributed by atoms with van der Waals surface area (Å²) in [5, 5.41) is 2.81. The molecular weight excluding hydrogens is 379 g/mol. The maximum absolute atomic E-state index is 14.6. The van der Waals surface area contributed by atoms with Gasteiger partial charge in [-0.3, -0.25) is 4.79 Å². The summed E-state index contributed by atoms with van der Waals surface area (Å²) in [6.07, 6.45) is 1.58. The molecule has 0 saturated carbocycles. The predicted molar refractivity (Wildman–Crippen MR) is 110 cm³/mol. The Hall–Kier alpha value is -2.51. The van der Waals surface area contributed by atoms with Crippen molar-refractivity contribution >= 4 is 33.1 Å². The van der Waals surface area contributed by atoms with Crippen LogP contribution in [0.15, 0.2) is 41.9 Å². The molecule has 3 aromatic rings. The van der Waals surface area contributed by atoms with E-state index in [0.717, 1.165) is 23.1 Å². The number of unbranched alkanes of at least 4 members (excludes halogenated alkanes) is 1. The van der Waals surface area contributed by atoms with Crippen LogP contribution in [0.2, 0.25) is 0 Å². The van der Waals surface area contributed by atoms with Crippen LogP contribution in [0.4, 0.5) is 10.1 Å². The van der Waals surface area contributed by atoms with Gasteiger partial charge in [-0.05, 0) is 44.0 Å². The molecule has 1 aromatic heterocycles. The zero-order valence-electron chi connectivity index (χ0n) is 15.7. The van der Waals surface area contributed by atoms with E-state index in [4.69, 9.17) is 9.47 Å². The number of benzene rings is 2. The number of aromatic nitrogens is 1. The molecule has 0 aliphatic carbocycles. The summed E-state index contributed by atoms with van der Waals surface area (Å²) in [4.78, 5) is 16.5. The summed E-state index contributed by atoms with van der Waals surface area (Å²) in [5.41, 5.74) is 3.63. The van der Waals surface area contributed by atoms with Crippen LogP contribution in [0, 0.1) is 5.82 Å². The van der Waals surface area contributed by atoms with E-state index in [9.17, 15) is 9.18 Å². The third kappa shape index (κ3) is 5.50. The van der Waals surface area contributed by atoms with E-state index in [1.807, 2.05) is 19.1 Å². The smallest absolute Gasteiger partial charge is 0.228 e. The lowest BCUT2D eigenvalue weighted by Crippen LogP contribution is -2.15. The van der Waals surface area contributed by atoms with Gasteiger partial charge in [0.1, 0.15) is 0 Å². The van der Waals surface area contributed by atoms with Gasteiger partial charge in [-0.15, -0.1) is 11.3 Å². The van der Waals surface area contributed by atoms with Gasteiger partial charge in [-0.2, -0.15) is 0 Å². The van der Waals surface area contributed by atoms with Crippen molar-refractivity contribution in [3.63, 3.8) is 0 Å². The Morgan fingerprint density at radius 3 is 2.93 bits per heavy atom. The van der Waals surface area contributed by atoms with E-state index < -0.39 is 5.82 Å². The molecule has 3 rings (SSSR count). The van der Waals surface area contributed by atoms with Gasteiger partial charge in [0.15, 0.2) is 11.6 Å². The second-order valence-corrected chi connectivity index (χ2v) is 7.13. The van der Waals surface area contributed by atoms with Crippen molar-refractivity contribution < 1.29 is 18.7 Å². The van der Waals surface area contributed by atoms with Crippen molar-refractivity contribution in [3.05, 3.63) is 53.3 Å². The molecule has 148 valence electrons.